The molecule has 0 bridgehead atoms. The van der Waals surface area contributed by atoms with Crippen molar-refractivity contribution in [3.05, 3.63) is 47.5 Å². The smallest absolute Gasteiger partial charge is 0.223 e. The molecule has 2 aromatic heterocycles. The average Bonchev–Trinajstić information content (AvgIpc) is 3.10. The van der Waals surface area contributed by atoms with Crippen molar-refractivity contribution in [3.8, 4) is 0 Å². The lowest BCUT2D eigenvalue weighted by atomic mass is 9.99. The molecule has 7 nitrogen and oxygen atoms in total. The molecule has 0 aliphatic carbocycles. The van der Waals surface area contributed by atoms with Gasteiger partial charge in [0.2, 0.25) is 5.91 Å². The maximum Gasteiger partial charge on any atom is 0.223 e. The number of ether oxygens (including phenoxy) is 2. The van der Waals surface area contributed by atoms with E-state index >= 15 is 0 Å². The number of amides is 1. The summed E-state index contributed by atoms with van der Waals surface area (Å²) in [7, 11) is 0. The molecule has 1 unspecified atom stereocenters. The number of aromatic nitrogens is 3. The van der Waals surface area contributed by atoms with Gasteiger partial charge in [0.05, 0.1) is 24.5 Å². The molecule has 138 valence electrons. The average molecular weight is 356 g/mol. The minimum atomic E-state index is -0.187. The van der Waals surface area contributed by atoms with Crippen molar-refractivity contribution in [2.24, 2.45) is 5.92 Å². The SMILES string of the molecule is O=C(NCC1OCCc2cn(Cc3ccccn3)nc21)C1CCOCC1. The van der Waals surface area contributed by atoms with E-state index < -0.39 is 0 Å². The number of carbonyl (C=O) groups excluding carboxylic acids is 1. The largest absolute Gasteiger partial charge is 0.381 e. The van der Waals surface area contributed by atoms with E-state index in [1.807, 2.05) is 22.9 Å². The third-order valence-electron chi connectivity index (χ3n) is 4.97. The Morgan fingerprint density at radius 2 is 2.15 bits per heavy atom. The Morgan fingerprint density at radius 3 is 2.96 bits per heavy atom. The van der Waals surface area contributed by atoms with Gasteiger partial charge in [-0.1, -0.05) is 6.07 Å². The van der Waals surface area contributed by atoms with Gasteiger partial charge >= 0.3 is 0 Å². The predicted molar refractivity (Wildman–Crippen MR) is 94.5 cm³/mol. The first-order valence-electron chi connectivity index (χ1n) is 9.23. The molecular weight excluding hydrogens is 332 g/mol. The normalized spacial score (nSPS) is 20.5. The van der Waals surface area contributed by atoms with Crippen LogP contribution in [0.15, 0.2) is 30.6 Å². The van der Waals surface area contributed by atoms with Gasteiger partial charge in [0.15, 0.2) is 0 Å². The third kappa shape index (κ3) is 3.94. The summed E-state index contributed by atoms with van der Waals surface area (Å²) in [4.78, 5) is 16.7. The molecule has 1 amide bonds. The third-order valence-corrected chi connectivity index (χ3v) is 4.97. The first-order chi connectivity index (χ1) is 12.8. The van der Waals surface area contributed by atoms with E-state index in [2.05, 4.69) is 16.5 Å². The molecule has 7 heteroatoms. The van der Waals surface area contributed by atoms with Crippen LogP contribution in [0.4, 0.5) is 0 Å². The Balaban J connectivity index is 1.39. The van der Waals surface area contributed by atoms with Crippen molar-refractivity contribution in [3.63, 3.8) is 0 Å². The number of rotatable bonds is 5. The highest BCUT2D eigenvalue weighted by molar-refractivity contribution is 5.78. The van der Waals surface area contributed by atoms with Crippen molar-refractivity contribution in [2.75, 3.05) is 26.4 Å². The summed E-state index contributed by atoms with van der Waals surface area (Å²) < 4.78 is 13.1. The molecule has 0 radical (unpaired) electrons. The highest BCUT2D eigenvalue weighted by Crippen LogP contribution is 2.25. The Hall–Kier alpha value is -2.25. The Bertz CT molecular complexity index is 740. The number of nitrogens with one attached hydrogen (secondary N) is 1. The molecule has 1 fully saturated rings. The monoisotopic (exact) mass is 356 g/mol. The fourth-order valence-corrected chi connectivity index (χ4v) is 3.52. The fourth-order valence-electron chi connectivity index (χ4n) is 3.52. The van der Waals surface area contributed by atoms with Gasteiger partial charge in [0, 0.05) is 38.1 Å². The number of hydrogen-bond acceptors (Lipinski definition) is 5. The van der Waals surface area contributed by atoms with Crippen molar-refractivity contribution < 1.29 is 14.3 Å². The molecule has 4 heterocycles. The minimum Gasteiger partial charge on any atom is -0.381 e. The van der Waals surface area contributed by atoms with Crippen LogP contribution in [0.25, 0.3) is 0 Å². The van der Waals surface area contributed by atoms with E-state index in [9.17, 15) is 4.79 Å². The molecule has 0 spiro atoms. The first-order valence-corrected chi connectivity index (χ1v) is 9.23. The van der Waals surface area contributed by atoms with Crippen molar-refractivity contribution in [2.45, 2.75) is 31.9 Å². The fraction of sp³-hybridized carbons (Fsp3) is 0.526. The quantitative estimate of drug-likeness (QED) is 0.878. The van der Waals surface area contributed by atoms with E-state index in [-0.39, 0.29) is 17.9 Å². The molecule has 0 saturated carbocycles. The van der Waals surface area contributed by atoms with Crippen molar-refractivity contribution in [1.29, 1.82) is 0 Å². The lowest BCUT2D eigenvalue weighted by molar-refractivity contribution is -0.128. The summed E-state index contributed by atoms with van der Waals surface area (Å²) in [5, 5.41) is 7.74. The van der Waals surface area contributed by atoms with Crippen LogP contribution in [-0.4, -0.2) is 47.0 Å². The van der Waals surface area contributed by atoms with Crippen LogP contribution >= 0.6 is 0 Å². The highest BCUT2D eigenvalue weighted by Gasteiger charge is 2.27. The van der Waals surface area contributed by atoms with Crippen molar-refractivity contribution >= 4 is 5.91 Å². The summed E-state index contributed by atoms with van der Waals surface area (Å²) in [5.41, 5.74) is 3.09. The molecule has 2 aliphatic rings. The lowest BCUT2D eigenvalue weighted by Gasteiger charge is -2.25. The zero-order valence-corrected chi connectivity index (χ0v) is 14.8. The molecule has 1 saturated heterocycles. The minimum absolute atomic E-state index is 0.0496. The van der Waals surface area contributed by atoms with Gasteiger partial charge in [-0.05, 0) is 37.0 Å². The zero-order valence-electron chi connectivity index (χ0n) is 14.8. The summed E-state index contributed by atoms with van der Waals surface area (Å²) in [6.45, 7) is 3.08. The second kappa shape index (κ2) is 7.97. The molecule has 2 aromatic rings. The highest BCUT2D eigenvalue weighted by atomic mass is 16.5. The Kier molecular flexibility index (Phi) is 5.26. The van der Waals surface area contributed by atoms with E-state index in [1.165, 1.54) is 5.56 Å². The van der Waals surface area contributed by atoms with Crippen LogP contribution in [0.2, 0.25) is 0 Å². The Labute approximate surface area is 152 Å². The van der Waals surface area contributed by atoms with Gasteiger partial charge in [0.25, 0.3) is 0 Å². The van der Waals surface area contributed by atoms with Crippen LogP contribution < -0.4 is 5.32 Å². The van der Waals surface area contributed by atoms with E-state index in [0.29, 0.717) is 32.9 Å². The zero-order chi connectivity index (χ0) is 17.8. The number of nitrogens with zero attached hydrogens (tertiary/aromatic N) is 3. The molecule has 26 heavy (non-hydrogen) atoms. The molecule has 0 aromatic carbocycles. The van der Waals surface area contributed by atoms with E-state index in [0.717, 1.165) is 30.7 Å². The van der Waals surface area contributed by atoms with Crippen LogP contribution in [-0.2, 0) is 27.2 Å². The molecule has 4 rings (SSSR count). The van der Waals surface area contributed by atoms with Gasteiger partial charge in [-0.25, -0.2) is 0 Å². The lowest BCUT2D eigenvalue weighted by Crippen LogP contribution is -2.37. The van der Waals surface area contributed by atoms with Crippen molar-refractivity contribution in [1.82, 2.24) is 20.1 Å². The molecule has 1 N–H and O–H groups in total. The van der Waals surface area contributed by atoms with Gasteiger partial charge in [-0.2, -0.15) is 5.10 Å². The van der Waals surface area contributed by atoms with E-state index in [4.69, 9.17) is 14.6 Å². The standard InChI is InChI=1S/C19H24N4O3/c24-19(14-4-8-25-9-5-14)21-11-17-18-15(6-10-26-17)12-23(22-18)13-16-3-1-2-7-20-16/h1-3,7,12,14,17H,4-6,8-11,13H2,(H,21,24). The topological polar surface area (TPSA) is 78.3 Å². The number of fused-ring (bicyclic) bond motifs is 1. The molecule has 1 atom stereocenters. The Morgan fingerprint density at radius 1 is 1.27 bits per heavy atom. The van der Waals surface area contributed by atoms with Gasteiger partial charge in [0.1, 0.15) is 6.10 Å². The summed E-state index contributed by atoms with van der Waals surface area (Å²) in [6, 6.07) is 5.87. The summed E-state index contributed by atoms with van der Waals surface area (Å²) in [5.74, 6) is 0.144. The maximum atomic E-state index is 12.3. The van der Waals surface area contributed by atoms with Crippen LogP contribution in [0.5, 0.6) is 0 Å². The predicted octanol–water partition coefficient (Wildman–Crippen LogP) is 1.48. The molecule has 2 aliphatic heterocycles. The maximum absolute atomic E-state index is 12.3. The first kappa shape index (κ1) is 17.2. The summed E-state index contributed by atoms with van der Waals surface area (Å²) >= 11 is 0. The van der Waals surface area contributed by atoms with Crippen LogP contribution in [0, 0.1) is 5.92 Å². The number of carbonyl (C=O) groups is 1. The second-order valence-electron chi connectivity index (χ2n) is 6.80. The van der Waals surface area contributed by atoms with Crippen LogP contribution in [0.1, 0.15) is 35.9 Å². The second-order valence-corrected chi connectivity index (χ2v) is 6.80. The van der Waals surface area contributed by atoms with E-state index in [1.54, 1.807) is 6.20 Å². The number of pyridine rings is 1. The van der Waals surface area contributed by atoms with Crippen LogP contribution in [0.3, 0.4) is 0 Å². The molecular formula is C19H24N4O3. The summed E-state index contributed by atoms with van der Waals surface area (Å²) in [6.07, 6.45) is 6.11. The van der Waals surface area contributed by atoms with Gasteiger partial charge < -0.3 is 14.8 Å². The number of hydrogen-bond donors (Lipinski definition) is 1. The van der Waals surface area contributed by atoms with Gasteiger partial charge in [-0.3, -0.25) is 14.5 Å². The van der Waals surface area contributed by atoms with Gasteiger partial charge in [-0.15, -0.1) is 0 Å².